The van der Waals surface area contributed by atoms with Crippen molar-refractivity contribution in [3.05, 3.63) is 0 Å². The molecule has 0 bridgehead atoms. The normalized spacial score (nSPS) is 14.5. The third-order valence-corrected chi connectivity index (χ3v) is 2.98. The van der Waals surface area contributed by atoms with Crippen molar-refractivity contribution in [1.82, 2.24) is 5.32 Å². The van der Waals surface area contributed by atoms with Crippen LogP contribution in [0.15, 0.2) is 0 Å². The first-order chi connectivity index (χ1) is 9.81. The predicted octanol–water partition coefficient (Wildman–Crippen LogP) is 2.53. The quantitative estimate of drug-likeness (QED) is 0.443. The van der Waals surface area contributed by atoms with E-state index in [1.165, 1.54) is 0 Å². The number of esters is 1. The van der Waals surface area contributed by atoms with E-state index in [1.807, 2.05) is 41.5 Å². The fraction of sp³-hybridized carbons (Fsp3) is 0.938. The molecule has 0 aromatic carbocycles. The first-order valence-electron chi connectivity index (χ1n) is 7.96. The molecule has 0 aromatic heterocycles. The maximum atomic E-state index is 12.1. The lowest BCUT2D eigenvalue weighted by Gasteiger charge is -2.30. The van der Waals surface area contributed by atoms with Crippen LogP contribution < -0.4 is 5.32 Å². The minimum Gasteiger partial charge on any atom is -0.465 e. The lowest BCUT2D eigenvalue weighted by Crippen LogP contribution is -2.53. The minimum absolute atomic E-state index is 0.193. The van der Waals surface area contributed by atoms with Crippen LogP contribution in [0.1, 0.15) is 54.4 Å². The van der Waals surface area contributed by atoms with Crippen molar-refractivity contribution in [1.29, 1.82) is 0 Å². The third-order valence-electron chi connectivity index (χ3n) is 2.98. The predicted molar refractivity (Wildman–Crippen MR) is 84.5 cm³/mol. The maximum Gasteiger partial charge on any atom is 0.326 e. The molecule has 0 heterocycles. The van der Waals surface area contributed by atoms with Crippen LogP contribution in [0.3, 0.4) is 0 Å². The van der Waals surface area contributed by atoms with Gasteiger partial charge in [-0.1, -0.05) is 0 Å². The Labute approximate surface area is 129 Å². The summed E-state index contributed by atoms with van der Waals surface area (Å²) in [7, 11) is 0. The van der Waals surface area contributed by atoms with Crippen LogP contribution in [0.4, 0.5) is 0 Å². The summed E-state index contributed by atoms with van der Waals surface area (Å²) in [6.07, 6.45) is 1.72. The molecule has 0 saturated carbocycles. The number of hydrogen-bond donors (Lipinski definition) is 1. The lowest BCUT2D eigenvalue weighted by molar-refractivity contribution is -0.151. The summed E-state index contributed by atoms with van der Waals surface area (Å²) >= 11 is 0. The largest absolute Gasteiger partial charge is 0.465 e. The molecule has 0 spiro atoms. The summed E-state index contributed by atoms with van der Waals surface area (Å²) in [6, 6.07) is 0.222. The molecule has 0 saturated heterocycles. The van der Waals surface area contributed by atoms with Gasteiger partial charge in [-0.25, -0.2) is 0 Å². The summed E-state index contributed by atoms with van der Waals surface area (Å²) in [4.78, 5) is 12.1. The van der Waals surface area contributed by atoms with Crippen LogP contribution >= 0.6 is 0 Å². The van der Waals surface area contributed by atoms with E-state index in [0.717, 1.165) is 6.42 Å². The zero-order chi connectivity index (χ0) is 16.3. The number of nitrogens with one attached hydrogen (secondary N) is 1. The fourth-order valence-electron chi connectivity index (χ4n) is 2.13. The molecule has 1 atom stereocenters. The second-order valence-electron chi connectivity index (χ2n) is 5.99. The Hall–Kier alpha value is -0.650. The minimum atomic E-state index is -0.651. The Morgan fingerprint density at radius 3 is 2.33 bits per heavy atom. The average molecular weight is 303 g/mol. The first kappa shape index (κ1) is 20.3. The number of ether oxygens (including phenoxy) is 3. The first-order valence-corrected chi connectivity index (χ1v) is 7.96. The highest BCUT2D eigenvalue weighted by atomic mass is 16.5. The SMILES string of the molecule is CCOC(=O)C(C)(CCCOCCOC(C)C)NC(C)C. The Morgan fingerprint density at radius 1 is 1.14 bits per heavy atom. The van der Waals surface area contributed by atoms with E-state index in [0.29, 0.717) is 32.8 Å². The second kappa shape index (κ2) is 11.0. The second-order valence-corrected chi connectivity index (χ2v) is 5.99. The van der Waals surface area contributed by atoms with Crippen molar-refractivity contribution >= 4 is 5.97 Å². The van der Waals surface area contributed by atoms with Gasteiger partial charge < -0.3 is 14.2 Å². The van der Waals surface area contributed by atoms with E-state index in [4.69, 9.17) is 14.2 Å². The van der Waals surface area contributed by atoms with Gasteiger partial charge in [-0.15, -0.1) is 0 Å². The molecule has 0 fully saturated rings. The van der Waals surface area contributed by atoms with Crippen molar-refractivity contribution in [2.45, 2.75) is 72.1 Å². The van der Waals surface area contributed by atoms with Crippen LogP contribution in [-0.4, -0.2) is 50.1 Å². The molecule has 0 aromatic rings. The number of carbonyl (C=O) groups excluding carboxylic acids is 1. The molecule has 0 amide bonds. The monoisotopic (exact) mass is 303 g/mol. The number of hydrogen-bond acceptors (Lipinski definition) is 5. The highest BCUT2D eigenvalue weighted by molar-refractivity contribution is 5.80. The Bertz CT molecular complexity index is 281. The van der Waals surface area contributed by atoms with Crippen molar-refractivity contribution in [3.8, 4) is 0 Å². The number of rotatable bonds is 12. The van der Waals surface area contributed by atoms with E-state index in [1.54, 1.807) is 0 Å². The van der Waals surface area contributed by atoms with Crippen molar-refractivity contribution in [2.24, 2.45) is 0 Å². The van der Waals surface area contributed by atoms with Crippen LogP contribution in [0.5, 0.6) is 0 Å². The van der Waals surface area contributed by atoms with Gasteiger partial charge in [0.15, 0.2) is 0 Å². The maximum absolute atomic E-state index is 12.1. The Kier molecular flexibility index (Phi) is 10.6. The summed E-state index contributed by atoms with van der Waals surface area (Å²) < 4.78 is 16.1. The zero-order valence-electron chi connectivity index (χ0n) is 14.5. The molecule has 0 aliphatic carbocycles. The van der Waals surface area contributed by atoms with E-state index < -0.39 is 5.54 Å². The third kappa shape index (κ3) is 9.82. The summed E-state index contributed by atoms with van der Waals surface area (Å²) in [5.74, 6) is -0.193. The standard InChI is InChI=1S/C16H33NO4/c1-7-20-15(18)16(6,17-13(2)3)9-8-10-19-11-12-21-14(4)5/h13-14,17H,7-12H2,1-6H3. The van der Waals surface area contributed by atoms with Gasteiger partial charge in [-0.2, -0.15) is 0 Å². The topological polar surface area (TPSA) is 56.8 Å². The molecular weight excluding hydrogens is 270 g/mol. The van der Waals surface area contributed by atoms with Gasteiger partial charge in [0.1, 0.15) is 5.54 Å². The van der Waals surface area contributed by atoms with E-state index in [9.17, 15) is 4.79 Å². The van der Waals surface area contributed by atoms with E-state index >= 15 is 0 Å². The van der Waals surface area contributed by atoms with Gasteiger partial charge in [0, 0.05) is 12.6 Å². The zero-order valence-corrected chi connectivity index (χ0v) is 14.5. The summed E-state index contributed by atoms with van der Waals surface area (Å²) in [5.41, 5.74) is -0.651. The van der Waals surface area contributed by atoms with Gasteiger partial charge in [0.25, 0.3) is 0 Å². The lowest BCUT2D eigenvalue weighted by atomic mass is 9.95. The molecule has 21 heavy (non-hydrogen) atoms. The highest BCUT2D eigenvalue weighted by Crippen LogP contribution is 2.16. The van der Waals surface area contributed by atoms with Crippen LogP contribution in [0.2, 0.25) is 0 Å². The molecule has 0 aliphatic rings. The van der Waals surface area contributed by atoms with Crippen LogP contribution in [0, 0.1) is 0 Å². The van der Waals surface area contributed by atoms with Crippen molar-refractivity contribution in [2.75, 3.05) is 26.4 Å². The molecule has 1 N–H and O–H groups in total. The van der Waals surface area contributed by atoms with Gasteiger partial charge in [-0.3, -0.25) is 10.1 Å². The Balaban J connectivity index is 4.04. The molecule has 5 nitrogen and oxygen atoms in total. The van der Waals surface area contributed by atoms with Crippen molar-refractivity contribution < 1.29 is 19.0 Å². The fourth-order valence-corrected chi connectivity index (χ4v) is 2.13. The van der Waals surface area contributed by atoms with Gasteiger partial charge >= 0.3 is 5.97 Å². The van der Waals surface area contributed by atoms with Gasteiger partial charge in [0.2, 0.25) is 0 Å². The molecule has 0 radical (unpaired) electrons. The Morgan fingerprint density at radius 2 is 1.81 bits per heavy atom. The summed E-state index contributed by atoms with van der Waals surface area (Å²) in [6.45, 7) is 14.0. The summed E-state index contributed by atoms with van der Waals surface area (Å²) in [5, 5.41) is 3.30. The smallest absolute Gasteiger partial charge is 0.326 e. The highest BCUT2D eigenvalue weighted by Gasteiger charge is 2.34. The molecule has 126 valence electrons. The molecule has 5 heteroatoms. The van der Waals surface area contributed by atoms with E-state index in [2.05, 4.69) is 5.32 Å². The van der Waals surface area contributed by atoms with Crippen molar-refractivity contribution in [3.63, 3.8) is 0 Å². The molecule has 0 aliphatic heterocycles. The van der Waals surface area contributed by atoms with Crippen LogP contribution in [-0.2, 0) is 19.0 Å². The van der Waals surface area contributed by atoms with Crippen LogP contribution in [0.25, 0.3) is 0 Å². The molecule has 1 unspecified atom stereocenters. The van der Waals surface area contributed by atoms with Gasteiger partial charge in [-0.05, 0) is 54.4 Å². The van der Waals surface area contributed by atoms with E-state index in [-0.39, 0.29) is 18.1 Å². The van der Waals surface area contributed by atoms with Gasteiger partial charge in [0.05, 0.1) is 25.9 Å². The molecule has 0 rings (SSSR count). The number of carbonyl (C=O) groups is 1. The molecular formula is C16H33NO4. The average Bonchev–Trinajstić information content (AvgIpc) is 2.36.